The first-order valence-electron chi connectivity index (χ1n) is 18.1. The van der Waals surface area contributed by atoms with Crippen LogP contribution in [0, 0.1) is 0 Å². The number of hydrogen-bond donors (Lipinski definition) is 1. The maximum Gasteiger partial charge on any atom is 0.472 e. The molecule has 0 aliphatic carbocycles. The lowest BCUT2D eigenvalue weighted by atomic mass is 10.1. The van der Waals surface area contributed by atoms with Gasteiger partial charge in [-0.15, -0.1) is 0 Å². The highest BCUT2D eigenvalue weighted by Crippen LogP contribution is 2.43. The minimum Gasteiger partial charge on any atom is -0.457 e. The zero-order valence-corrected chi connectivity index (χ0v) is 30.7. The van der Waals surface area contributed by atoms with Gasteiger partial charge in [0.2, 0.25) is 0 Å². The average Bonchev–Trinajstić information content (AvgIpc) is 2.98. The Hall–Kier alpha value is -1.02. The molecule has 8 nitrogen and oxygen atoms in total. The molecule has 0 aliphatic rings. The van der Waals surface area contributed by atoms with Crippen molar-refractivity contribution in [1.29, 1.82) is 0 Å². The molecule has 0 saturated heterocycles. The monoisotopic (exact) mass is 660 g/mol. The smallest absolute Gasteiger partial charge is 0.457 e. The Morgan fingerprint density at radius 3 is 1.84 bits per heavy atom. The number of carbonyl (C=O) groups excluding carboxylic acids is 1. The molecule has 0 bridgehead atoms. The second kappa shape index (κ2) is 30.3. The summed E-state index contributed by atoms with van der Waals surface area (Å²) >= 11 is 0. The summed E-state index contributed by atoms with van der Waals surface area (Å²) < 4.78 is 34.7. The van der Waals surface area contributed by atoms with Crippen LogP contribution in [0.5, 0.6) is 0 Å². The molecule has 45 heavy (non-hydrogen) atoms. The predicted octanol–water partition coefficient (Wildman–Crippen LogP) is 9.71. The molecule has 0 aromatic carbocycles. The highest BCUT2D eigenvalue weighted by atomic mass is 31.2. The number of quaternary nitrogens is 1. The zero-order valence-electron chi connectivity index (χ0n) is 29.9. The van der Waals surface area contributed by atoms with Crippen molar-refractivity contribution >= 4 is 13.8 Å². The second-order valence-corrected chi connectivity index (χ2v) is 14.7. The van der Waals surface area contributed by atoms with Gasteiger partial charge in [0.05, 0.1) is 34.4 Å². The highest BCUT2D eigenvalue weighted by Gasteiger charge is 2.26. The number of carbonyl (C=O) groups is 1. The van der Waals surface area contributed by atoms with Crippen LogP contribution in [0.1, 0.15) is 142 Å². The van der Waals surface area contributed by atoms with Crippen LogP contribution in [0.3, 0.4) is 0 Å². The minimum absolute atomic E-state index is 0.0873. The lowest BCUT2D eigenvalue weighted by molar-refractivity contribution is -0.870. The fourth-order valence-electron chi connectivity index (χ4n) is 4.64. The van der Waals surface area contributed by atoms with E-state index in [1.165, 1.54) is 77.0 Å². The van der Waals surface area contributed by atoms with Crippen molar-refractivity contribution in [2.75, 3.05) is 54.1 Å². The van der Waals surface area contributed by atoms with Gasteiger partial charge in [-0.05, 0) is 44.9 Å². The van der Waals surface area contributed by atoms with E-state index < -0.39 is 13.9 Å². The van der Waals surface area contributed by atoms with Gasteiger partial charge in [-0.3, -0.25) is 13.8 Å². The number of allylic oxidation sites excluding steroid dienone is 4. The fourth-order valence-corrected chi connectivity index (χ4v) is 5.38. The topological polar surface area (TPSA) is 91.3 Å². The predicted molar refractivity (Wildman–Crippen MR) is 187 cm³/mol. The molecule has 0 fully saturated rings. The van der Waals surface area contributed by atoms with Gasteiger partial charge in [-0.2, -0.15) is 0 Å². The summed E-state index contributed by atoms with van der Waals surface area (Å²) in [7, 11) is 1.66. The Morgan fingerprint density at radius 2 is 1.22 bits per heavy atom. The molecule has 0 aromatic rings. The molecule has 0 heterocycles. The van der Waals surface area contributed by atoms with E-state index in [4.69, 9.17) is 18.5 Å². The first-order chi connectivity index (χ1) is 21.6. The number of esters is 1. The standard InChI is InChI=1S/C36H70NO7P/c1-6-8-10-12-14-15-16-17-18-19-20-21-22-24-26-28-31-41-33-35(34-43-45(39,40)42-32-30-37(3,4)5)44-36(38)29-27-25-23-13-11-9-7-2/h14-15,17-18,35H,6-13,16,19-34H2,1-5H3/p+1/b15-14-,18-17-. The molecule has 0 saturated carbocycles. The Balaban J connectivity index is 4.25. The Morgan fingerprint density at radius 1 is 0.689 bits per heavy atom. The van der Waals surface area contributed by atoms with Crippen LogP contribution in [0.4, 0.5) is 0 Å². The molecular weight excluding hydrogens is 589 g/mol. The molecule has 9 heteroatoms. The largest absolute Gasteiger partial charge is 0.472 e. The van der Waals surface area contributed by atoms with Crippen molar-refractivity contribution < 1.29 is 37.3 Å². The van der Waals surface area contributed by atoms with Crippen LogP contribution < -0.4 is 0 Å². The molecule has 0 aromatic heterocycles. The van der Waals surface area contributed by atoms with Gasteiger partial charge < -0.3 is 18.9 Å². The number of hydrogen-bond acceptors (Lipinski definition) is 6. The molecule has 2 atom stereocenters. The first kappa shape index (κ1) is 44.0. The normalized spacial score (nSPS) is 14.4. The van der Waals surface area contributed by atoms with Gasteiger partial charge in [-0.25, -0.2) is 4.57 Å². The van der Waals surface area contributed by atoms with Crippen molar-refractivity contribution in [2.45, 2.75) is 148 Å². The van der Waals surface area contributed by atoms with Gasteiger partial charge in [0, 0.05) is 13.0 Å². The third-order valence-electron chi connectivity index (χ3n) is 7.52. The van der Waals surface area contributed by atoms with E-state index in [9.17, 15) is 14.3 Å². The van der Waals surface area contributed by atoms with Crippen molar-refractivity contribution in [3.63, 3.8) is 0 Å². The molecule has 0 spiro atoms. The maximum absolute atomic E-state index is 12.5. The third kappa shape index (κ3) is 34.1. The Labute approximate surface area is 277 Å². The Kier molecular flexibility index (Phi) is 29.6. The van der Waals surface area contributed by atoms with E-state index in [2.05, 4.69) is 38.2 Å². The number of phosphoric ester groups is 1. The summed E-state index contributed by atoms with van der Waals surface area (Å²) in [6.07, 6.45) is 30.7. The quantitative estimate of drug-likeness (QED) is 0.0246. The number of nitrogens with zero attached hydrogens (tertiary/aromatic N) is 1. The molecule has 1 N–H and O–H groups in total. The average molecular weight is 661 g/mol. The second-order valence-electron chi connectivity index (χ2n) is 13.3. The molecule has 0 rings (SSSR count). The van der Waals surface area contributed by atoms with Gasteiger partial charge in [0.1, 0.15) is 19.3 Å². The van der Waals surface area contributed by atoms with Gasteiger partial charge >= 0.3 is 13.8 Å². The van der Waals surface area contributed by atoms with Gasteiger partial charge in [-0.1, -0.05) is 115 Å². The molecule has 0 aliphatic heterocycles. The third-order valence-corrected chi connectivity index (χ3v) is 8.50. The molecule has 2 unspecified atom stereocenters. The van der Waals surface area contributed by atoms with E-state index in [1.54, 1.807) is 0 Å². The number of likely N-dealkylation sites (N-methyl/N-ethyl adjacent to an activating group) is 1. The summed E-state index contributed by atoms with van der Waals surface area (Å²) in [6.45, 7) is 5.52. The highest BCUT2D eigenvalue weighted by molar-refractivity contribution is 7.47. The summed E-state index contributed by atoms with van der Waals surface area (Å²) in [4.78, 5) is 22.6. The van der Waals surface area contributed by atoms with Crippen molar-refractivity contribution in [3.8, 4) is 0 Å². The van der Waals surface area contributed by atoms with Crippen LogP contribution in [-0.2, 0) is 27.9 Å². The zero-order chi connectivity index (χ0) is 33.5. The summed E-state index contributed by atoms with van der Waals surface area (Å²) in [5.74, 6) is -0.326. The minimum atomic E-state index is -4.26. The van der Waals surface area contributed by atoms with Crippen LogP contribution in [0.15, 0.2) is 24.3 Å². The van der Waals surface area contributed by atoms with E-state index in [0.717, 1.165) is 44.9 Å². The van der Waals surface area contributed by atoms with E-state index in [1.807, 2.05) is 21.1 Å². The SMILES string of the molecule is CCCCC/C=C\C/C=C\CCCCCCCCOCC(COP(=O)(O)OCC[N+](C)(C)C)OC(=O)CCCCCCCCC. The van der Waals surface area contributed by atoms with Gasteiger partial charge in [0.25, 0.3) is 0 Å². The lowest BCUT2D eigenvalue weighted by Crippen LogP contribution is -2.37. The first-order valence-corrected chi connectivity index (χ1v) is 19.6. The number of unbranched alkanes of at least 4 members (excludes halogenated alkanes) is 15. The van der Waals surface area contributed by atoms with E-state index in [0.29, 0.717) is 24.1 Å². The number of ether oxygens (including phenoxy) is 2. The summed E-state index contributed by atoms with van der Waals surface area (Å²) in [5.41, 5.74) is 0. The lowest BCUT2D eigenvalue weighted by Gasteiger charge is -2.24. The molecular formula is C36H71NO7P+. The van der Waals surface area contributed by atoms with Crippen LogP contribution in [0.2, 0.25) is 0 Å². The van der Waals surface area contributed by atoms with Crippen molar-refractivity contribution in [2.24, 2.45) is 0 Å². The van der Waals surface area contributed by atoms with E-state index >= 15 is 0 Å². The molecule has 266 valence electrons. The van der Waals surface area contributed by atoms with Crippen molar-refractivity contribution in [1.82, 2.24) is 0 Å². The van der Waals surface area contributed by atoms with Crippen molar-refractivity contribution in [3.05, 3.63) is 24.3 Å². The molecule has 0 amide bonds. The van der Waals surface area contributed by atoms with Crippen LogP contribution in [-0.4, -0.2) is 75.6 Å². The fraction of sp³-hybridized carbons (Fsp3) is 0.861. The van der Waals surface area contributed by atoms with Crippen LogP contribution >= 0.6 is 7.82 Å². The number of rotatable bonds is 33. The summed E-state index contributed by atoms with van der Waals surface area (Å²) in [6, 6.07) is 0. The van der Waals surface area contributed by atoms with Crippen LogP contribution in [0.25, 0.3) is 0 Å². The summed E-state index contributed by atoms with van der Waals surface area (Å²) in [5, 5.41) is 0. The number of phosphoric acid groups is 1. The Bertz CT molecular complexity index is 782. The van der Waals surface area contributed by atoms with E-state index in [-0.39, 0.29) is 25.8 Å². The maximum atomic E-state index is 12.5. The molecule has 0 radical (unpaired) electrons. The van der Waals surface area contributed by atoms with Gasteiger partial charge in [0.15, 0.2) is 0 Å².